The summed E-state index contributed by atoms with van der Waals surface area (Å²) in [5.74, 6) is 0.164. The molecule has 34 heavy (non-hydrogen) atoms. The molecule has 2 atom stereocenters. The molecule has 2 fully saturated rings. The quantitative estimate of drug-likeness (QED) is 0.491. The maximum atomic E-state index is 13.2. The van der Waals surface area contributed by atoms with Gasteiger partial charge in [-0.15, -0.1) is 0 Å². The molecular weight excluding hydrogens is 426 g/mol. The van der Waals surface area contributed by atoms with Gasteiger partial charge in [-0.1, -0.05) is 48.5 Å². The van der Waals surface area contributed by atoms with Crippen LogP contribution in [0.1, 0.15) is 60.0 Å². The standard InChI is InChI=1S/C28H29N3O3/c1-2-30-16-19(15-29-30)27(32)18-13-20-11-12-21(14-18)31(20)28(33)34-17-26-24-9-5-3-7-22(24)23-8-4-6-10-25(23)26/h3-10,15-16,18,20-21,26H,2,11-14,17H2,1H3. The van der Waals surface area contributed by atoms with Crippen molar-refractivity contribution < 1.29 is 14.3 Å². The maximum absolute atomic E-state index is 13.2. The molecule has 3 aliphatic rings. The van der Waals surface area contributed by atoms with E-state index in [1.807, 2.05) is 30.2 Å². The molecule has 3 heterocycles. The van der Waals surface area contributed by atoms with Crippen molar-refractivity contribution in [1.82, 2.24) is 14.7 Å². The fraction of sp³-hybridized carbons (Fsp3) is 0.393. The lowest BCUT2D eigenvalue weighted by atomic mass is 9.85. The van der Waals surface area contributed by atoms with Crippen LogP contribution in [0.5, 0.6) is 0 Å². The molecule has 1 aromatic heterocycles. The lowest BCUT2D eigenvalue weighted by Crippen LogP contribution is -2.48. The van der Waals surface area contributed by atoms with Crippen LogP contribution in [-0.2, 0) is 11.3 Å². The number of piperidine rings is 1. The van der Waals surface area contributed by atoms with Gasteiger partial charge in [0.15, 0.2) is 5.78 Å². The second-order valence-corrected chi connectivity index (χ2v) is 9.71. The van der Waals surface area contributed by atoms with Gasteiger partial charge in [0.25, 0.3) is 0 Å². The molecule has 6 heteroatoms. The van der Waals surface area contributed by atoms with E-state index in [0.717, 1.165) is 19.4 Å². The number of carbonyl (C=O) groups is 2. The molecule has 1 aliphatic carbocycles. The van der Waals surface area contributed by atoms with Crippen molar-refractivity contribution >= 4 is 11.9 Å². The Bertz CT molecular complexity index is 1190. The maximum Gasteiger partial charge on any atom is 0.410 e. The molecule has 6 nitrogen and oxygen atoms in total. The van der Waals surface area contributed by atoms with Crippen LogP contribution < -0.4 is 0 Å². The average molecular weight is 456 g/mol. The van der Waals surface area contributed by atoms with Gasteiger partial charge in [-0.2, -0.15) is 5.10 Å². The highest BCUT2D eigenvalue weighted by Crippen LogP contribution is 2.45. The number of ether oxygens (including phenoxy) is 1. The number of amides is 1. The predicted octanol–water partition coefficient (Wildman–Crippen LogP) is 5.28. The van der Waals surface area contributed by atoms with Crippen LogP contribution in [-0.4, -0.2) is 45.2 Å². The van der Waals surface area contributed by atoms with E-state index in [1.165, 1.54) is 22.3 Å². The van der Waals surface area contributed by atoms with Crippen molar-refractivity contribution in [3.05, 3.63) is 77.6 Å². The molecule has 0 radical (unpaired) electrons. The Balaban J connectivity index is 1.14. The molecule has 0 spiro atoms. The average Bonchev–Trinajstić information content (AvgIpc) is 3.55. The van der Waals surface area contributed by atoms with Gasteiger partial charge < -0.3 is 9.64 Å². The summed E-state index contributed by atoms with van der Waals surface area (Å²) in [5.41, 5.74) is 5.57. The molecule has 3 aromatic rings. The fourth-order valence-electron chi connectivity index (χ4n) is 6.26. The van der Waals surface area contributed by atoms with Crippen LogP contribution in [0.3, 0.4) is 0 Å². The molecule has 0 saturated carbocycles. The number of Topliss-reactive ketones (excluding diaryl/α,β-unsaturated/α-hetero) is 1. The Hall–Kier alpha value is -3.41. The highest BCUT2D eigenvalue weighted by Gasteiger charge is 2.46. The van der Waals surface area contributed by atoms with Crippen LogP contribution in [0.15, 0.2) is 60.9 Å². The summed E-state index contributed by atoms with van der Waals surface area (Å²) in [5, 5.41) is 4.25. The van der Waals surface area contributed by atoms with Gasteiger partial charge in [-0.3, -0.25) is 9.48 Å². The van der Waals surface area contributed by atoms with Crippen molar-refractivity contribution in [2.45, 2.75) is 57.2 Å². The van der Waals surface area contributed by atoms with Gasteiger partial charge in [-0.05, 0) is 54.9 Å². The number of nitrogens with zero attached hydrogens (tertiary/aromatic N) is 3. The van der Waals surface area contributed by atoms with Crippen LogP contribution >= 0.6 is 0 Å². The minimum Gasteiger partial charge on any atom is -0.448 e. The number of aryl methyl sites for hydroxylation is 1. The Morgan fingerprint density at radius 3 is 2.18 bits per heavy atom. The fourth-order valence-corrected chi connectivity index (χ4v) is 6.26. The number of benzene rings is 2. The van der Waals surface area contributed by atoms with Gasteiger partial charge in [0.2, 0.25) is 0 Å². The Labute approximate surface area is 199 Å². The lowest BCUT2D eigenvalue weighted by molar-refractivity contribution is 0.0506. The summed E-state index contributed by atoms with van der Waals surface area (Å²) in [6.45, 7) is 3.09. The minimum absolute atomic E-state index is 0.0513. The first-order valence-corrected chi connectivity index (χ1v) is 12.3. The summed E-state index contributed by atoms with van der Waals surface area (Å²) in [6.07, 6.45) is 6.56. The first-order chi connectivity index (χ1) is 16.6. The Morgan fingerprint density at radius 2 is 1.59 bits per heavy atom. The van der Waals surface area contributed by atoms with E-state index in [0.29, 0.717) is 25.0 Å². The largest absolute Gasteiger partial charge is 0.448 e. The minimum atomic E-state index is -0.237. The number of ketones is 1. The monoisotopic (exact) mass is 455 g/mol. The second kappa shape index (κ2) is 8.42. The van der Waals surface area contributed by atoms with E-state index in [4.69, 9.17) is 4.74 Å². The van der Waals surface area contributed by atoms with Crippen molar-refractivity contribution in [1.29, 1.82) is 0 Å². The number of fused-ring (bicyclic) bond motifs is 5. The van der Waals surface area contributed by atoms with Gasteiger partial charge in [-0.25, -0.2) is 4.79 Å². The SMILES string of the molecule is CCn1cc(C(=O)C2CC3CCC(C2)N3C(=O)OCC2c3ccccc3-c3ccccc32)cn1. The third-order valence-corrected chi connectivity index (χ3v) is 7.89. The van der Waals surface area contributed by atoms with E-state index >= 15 is 0 Å². The number of carbonyl (C=O) groups excluding carboxylic acids is 2. The van der Waals surface area contributed by atoms with Crippen LogP contribution in [0.25, 0.3) is 11.1 Å². The topological polar surface area (TPSA) is 64.4 Å². The first-order valence-electron chi connectivity index (χ1n) is 12.3. The molecule has 1 amide bonds. The van der Waals surface area contributed by atoms with E-state index in [2.05, 4.69) is 41.5 Å². The zero-order chi connectivity index (χ0) is 23.2. The summed E-state index contributed by atoms with van der Waals surface area (Å²) in [7, 11) is 0. The number of aromatic nitrogens is 2. The van der Waals surface area contributed by atoms with Gasteiger partial charge in [0.05, 0.1) is 11.8 Å². The molecule has 2 aliphatic heterocycles. The highest BCUT2D eigenvalue weighted by molar-refractivity contribution is 5.97. The molecule has 174 valence electrons. The van der Waals surface area contributed by atoms with Crippen molar-refractivity contribution in [2.24, 2.45) is 5.92 Å². The molecule has 2 saturated heterocycles. The smallest absolute Gasteiger partial charge is 0.410 e. The lowest BCUT2D eigenvalue weighted by Gasteiger charge is -2.37. The van der Waals surface area contributed by atoms with Crippen molar-refractivity contribution in [3.63, 3.8) is 0 Å². The summed E-state index contributed by atoms with van der Waals surface area (Å²) >= 11 is 0. The molecule has 0 N–H and O–H groups in total. The normalized spacial score (nSPS) is 23.0. The summed E-state index contributed by atoms with van der Waals surface area (Å²) in [4.78, 5) is 28.2. The predicted molar refractivity (Wildman–Crippen MR) is 129 cm³/mol. The summed E-state index contributed by atoms with van der Waals surface area (Å²) in [6, 6.07) is 16.9. The summed E-state index contributed by atoms with van der Waals surface area (Å²) < 4.78 is 7.73. The Morgan fingerprint density at radius 1 is 0.971 bits per heavy atom. The van der Waals surface area contributed by atoms with E-state index in [-0.39, 0.29) is 35.8 Å². The highest BCUT2D eigenvalue weighted by atomic mass is 16.6. The molecule has 6 rings (SSSR count). The van der Waals surface area contributed by atoms with E-state index < -0.39 is 0 Å². The number of rotatable bonds is 5. The molecule has 2 unspecified atom stereocenters. The van der Waals surface area contributed by atoms with Gasteiger partial charge in [0, 0.05) is 36.7 Å². The number of hydrogen-bond donors (Lipinski definition) is 0. The zero-order valence-corrected chi connectivity index (χ0v) is 19.4. The van der Waals surface area contributed by atoms with Crippen molar-refractivity contribution in [3.8, 4) is 11.1 Å². The third kappa shape index (κ3) is 3.44. The van der Waals surface area contributed by atoms with E-state index in [9.17, 15) is 9.59 Å². The van der Waals surface area contributed by atoms with Crippen LogP contribution in [0.2, 0.25) is 0 Å². The van der Waals surface area contributed by atoms with E-state index in [1.54, 1.807) is 10.9 Å². The number of hydrogen-bond acceptors (Lipinski definition) is 4. The van der Waals surface area contributed by atoms with Crippen molar-refractivity contribution in [2.75, 3.05) is 6.61 Å². The second-order valence-electron chi connectivity index (χ2n) is 9.71. The Kier molecular flexibility index (Phi) is 5.24. The molecular formula is C28H29N3O3. The molecule has 2 bridgehead atoms. The molecule has 2 aromatic carbocycles. The third-order valence-electron chi connectivity index (χ3n) is 7.89. The van der Waals surface area contributed by atoms with Crippen LogP contribution in [0.4, 0.5) is 4.79 Å². The zero-order valence-electron chi connectivity index (χ0n) is 19.4. The van der Waals surface area contributed by atoms with Crippen LogP contribution in [0, 0.1) is 5.92 Å². The first kappa shape index (κ1) is 21.1. The van der Waals surface area contributed by atoms with Gasteiger partial charge in [0.1, 0.15) is 6.61 Å². The van der Waals surface area contributed by atoms with Gasteiger partial charge >= 0.3 is 6.09 Å².